The molecule has 0 aliphatic carbocycles. The Morgan fingerprint density at radius 1 is 0.833 bits per heavy atom. The number of hydrogen-bond acceptors (Lipinski definition) is 4. The van der Waals surface area contributed by atoms with Crippen molar-refractivity contribution >= 4 is 28.7 Å². The molecule has 0 amide bonds. The Bertz CT molecular complexity index is 1130. The van der Waals surface area contributed by atoms with Crippen LogP contribution in [0.4, 0.5) is 17.3 Å². The number of nitrogens with zero attached hydrogens (tertiary/aromatic N) is 4. The van der Waals surface area contributed by atoms with Crippen LogP contribution in [0.15, 0.2) is 95.8 Å². The summed E-state index contributed by atoms with van der Waals surface area (Å²) in [5.74, 6) is 2.39. The van der Waals surface area contributed by atoms with Crippen LogP contribution in [0.2, 0.25) is 0 Å². The fourth-order valence-corrected chi connectivity index (χ4v) is 3.72. The van der Waals surface area contributed by atoms with Crippen molar-refractivity contribution in [3.05, 3.63) is 108 Å². The predicted octanol–water partition coefficient (Wildman–Crippen LogP) is 6.06. The zero-order valence-corrected chi connectivity index (χ0v) is 18.8. The van der Waals surface area contributed by atoms with Gasteiger partial charge in [0.05, 0.1) is 5.82 Å². The third-order valence-electron chi connectivity index (χ3n) is 4.46. The van der Waals surface area contributed by atoms with Crippen molar-refractivity contribution in [2.75, 3.05) is 4.90 Å². The molecule has 0 saturated heterocycles. The maximum atomic E-state index is 4.91. The smallest absolute Gasteiger partial charge is 0.436 e. The number of benzene rings is 1. The quantitative estimate of drug-likeness (QED) is 0.235. The van der Waals surface area contributed by atoms with Gasteiger partial charge in [-0.05, 0) is 30.0 Å². The molecular weight excluding hydrogens is 571 g/mol. The Balaban J connectivity index is 0.00000218. The molecule has 5 aromatic rings. The van der Waals surface area contributed by atoms with E-state index in [0.29, 0.717) is 0 Å². The molecule has 30 heavy (non-hydrogen) atoms. The van der Waals surface area contributed by atoms with Gasteiger partial charge in [0.25, 0.3) is 0 Å². The SMILES string of the molecule is [Pt+2].[c-]1cscc1-c1cccc(N(c2ccccc2)c2cccc(-n3[c-]ccc3)n2)n1. The van der Waals surface area contributed by atoms with Gasteiger partial charge < -0.3 is 4.57 Å². The van der Waals surface area contributed by atoms with Gasteiger partial charge >= 0.3 is 21.1 Å². The summed E-state index contributed by atoms with van der Waals surface area (Å²) in [6.07, 6.45) is 5.08. The first-order valence-electron chi connectivity index (χ1n) is 9.17. The third kappa shape index (κ3) is 4.13. The summed E-state index contributed by atoms with van der Waals surface area (Å²) in [6.45, 7) is 0. The second-order valence-electron chi connectivity index (χ2n) is 6.34. The predicted molar refractivity (Wildman–Crippen MR) is 117 cm³/mol. The van der Waals surface area contributed by atoms with Gasteiger partial charge in [0, 0.05) is 5.69 Å². The third-order valence-corrected chi connectivity index (χ3v) is 5.09. The number of pyridine rings is 2. The van der Waals surface area contributed by atoms with Gasteiger partial charge in [0.2, 0.25) is 0 Å². The molecule has 0 spiro atoms. The number of thiophene rings is 1. The average molecular weight is 588 g/mol. The fourth-order valence-electron chi connectivity index (χ4n) is 3.13. The first kappa shape index (κ1) is 20.3. The monoisotopic (exact) mass is 587 g/mol. The van der Waals surface area contributed by atoms with E-state index in [1.165, 1.54) is 0 Å². The Kier molecular flexibility index (Phi) is 6.22. The van der Waals surface area contributed by atoms with Crippen molar-refractivity contribution in [2.45, 2.75) is 0 Å². The fraction of sp³-hybridized carbons (Fsp3) is 0. The van der Waals surface area contributed by atoms with Crippen LogP contribution in [0.3, 0.4) is 0 Å². The minimum absolute atomic E-state index is 0. The first-order valence-corrected chi connectivity index (χ1v) is 10.1. The van der Waals surface area contributed by atoms with Crippen LogP contribution in [0.25, 0.3) is 17.1 Å². The molecule has 4 heterocycles. The minimum Gasteiger partial charge on any atom is -0.436 e. The molecule has 1 aromatic carbocycles. The summed E-state index contributed by atoms with van der Waals surface area (Å²) >= 11 is 1.61. The van der Waals surface area contributed by atoms with E-state index in [1.54, 1.807) is 11.3 Å². The van der Waals surface area contributed by atoms with Gasteiger partial charge in [-0.2, -0.15) is 17.7 Å². The zero-order valence-electron chi connectivity index (χ0n) is 15.8. The summed E-state index contributed by atoms with van der Waals surface area (Å²) in [6, 6.07) is 29.2. The first-order chi connectivity index (χ1) is 14.4. The molecule has 0 bridgehead atoms. The van der Waals surface area contributed by atoms with Crippen molar-refractivity contribution in [1.29, 1.82) is 0 Å². The Hall–Kier alpha value is -3.01. The van der Waals surface area contributed by atoms with Gasteiger partial charge in [0.1, 0.15) is 11.6 Å². The molecule has 148 valence electrons. The maximum Gasteiger partial charge on any atom is 2.00 e. The second kappa shape index (κ2) is 9.20. The molecular formula is C24H16N4PtS. The topological polar surface area (TPSA) is 34.0 Å². The van der Waals surface area contributed by atoms with Crippen molar-refractivity contribution in [3.8, 4) is 17.1 Å². The largest absolute Gasteiger partial charge is 2.00 e. The molecule has 0 aliphatic rings. The van der Waals surface area contributed by atoms with Crippen LogP contribution in [0, 0.1) is 12.3 Å². The molecule has 0 aliphatic heterocycles. The van der Waals surface area contributed by atoms with E-state index in [1.807, 2.05) is 82.9 Å². The Morgan fingerprint density at radius 2 is 1.63 bits per heavy atom. The number of rotatable bonds is 5. The van der Waals surface area contributed by atoms with Gasteiger partial charge in [-0.15, -0.1) is 17.6 Å². The summed E-state index contributed by atoms with van der Waals surface area (Å²) in [5, 5.41) is 4.00. The number of anilines is 3. The van der Waals surface area contributed by atoms with Gasteiger partial charge in [-0.3, -0.25) is 14.9 Å². The van der Waals surface area contributed by atoms with E-state index in [0.717, 1.165) is 34.4 Å². The van der Waals surface area contributed by atoms with Crippen molar-refractivity contribution in [2.24, 2.45) is 0 Å². The van der Waals surface area contributed by atoms with Crippen LogP contribution in [0.5, 0.6) is 0 Å². The molecule has 0 saturated carbocycles. The normalized spacial score (nSPS) is 10.4. The average Bonchev–Trinajstić information content (AvgIpc) is 3.50. The Labute approximate surface area is 193 Å². The zero-order chi connectivity index (χ0) is 19.5. The number of aromatic nitrogens is 3. The summed E-state index contributed by atoms with van der Waals surface area (Å²) < 4.78 is 1.87. The molecule has 4 aromatic heterocycles. The molecule has 0 N–H and O–H groups in total. The van der Waals surface area contributed by atoms with E-state index in [-0.39, 0.29) is 21.1 Å². The number of hydrogen-bond donors (Lipinski definition) is 0. The molecule has 4 nitrogen and oxygen atoms in total. The summed E-state index contributed by atoms with van der Waals surface area (Å²) in [7, 11) is 0. The molecule has 0 atom stereocenters. The molecule has 6 heteroatoms. The van der Waals surface area contributed by atoms with E-state index < -0.39 is 0 Å². The van der Waals surface area contributed by atoms with Crippen LogP contribution < -0.4 is 4.90 Å². The van der Waals surface area contributed by atoms with Crippen LogP contribution in [-0.2, 0) is 21.1 Å². The minimum atomic E-state index is 0. The van der Waals surface area contributed by atoms with E-state index in [2.05, 4.69) is 34.7 Å². The molecule has 0 fully saturated rings. The van der Waals surface area contributed by atoms with E-state index >= 15 is 0 Å². The van der Waals surface area contributed by atoms with Crippen LogP contribution in [0.1, 0.15) is 0 Å². The van der Waals surface area contributed by atoms with Crippen LogP contribution in [-0.4, -0.2) is 14.5 Å². The van der Waals surface area contributed by atoms with Crippen molar-refractivity contribution < 1.29 is 21.1 Å². The summed E-state index contributed by atoms with van der Waals surface area (Å²) in [4.78, 5) is 11.8. The molecule has 0 unspecified atom stereocenters. The Morgan fingerprint density at radius 3 is 2.37 bits per heavy atom. The maximum absolute atomic E-state index is 4.91. The van der Waals surface area contributed by atoms with Crippen LogP contribution >= 0.6 is 11.3 Å². The second-order valence-corrected chi connectivity index (χ2v) is 7.09. The molecule has 5 rings (SSSR count). The summed E-state index contributed by atoms with van der Waals surface area (Å²) in [5.41, 5.74) is 2.88. The van der Waals surface area contributed by atoms with Gasteiger partial charge in [-0.25, -0.2) is 11.3 Å². The van der Waals surface area contributed by atoms with Crippen molar-refractivity contribution in [3.63, 3.8) is 0 Å². The standard InChI is InChI=1S/C24H16N4S.Pt/c1-2-8-20(9-3-1)28(23-12-6-10-21(25-23)19-14-17-29-18-19)24-13-7-11-22(26-24)27-15-4-5-16-27;/h1-13,15,17-18H;/q-2;+2. The molecule has 0 radical (unpaired) electrons. The van der Waals surface area contributed by atoms with E-state index in [4.69, 9.17) is 9.97 Å². The van der Waals surface area contributed by atoms with Gasteiger partial charge in [0.15, 0.2) is 0 Å². The van der Waals surface area contributed by atoms with Gasteiger partial charge in [-0.1, -0.05) is 54.0 Å². The number of para-hydroxylation sites is 1. The van der Waals surface area contributed by atoms with Crippen molar-refractivity contribution in [1.82, 2.24) is 14.5 Å². The van der Waals surface area contributed by atoms with E-state index in [9.17, 15) is 0 Å².